The van der Waals surface area contributed by atoms with Crippen molar-refractivity contribution in [3.63, 3.8) is 0 Å². The molecule has 0 bridgehead atoms. The Morgan fingerprint density at radius 3 is 1.25 bits per heavy atom. The Balaban J connectivity index is 4.19. The number of esters is 2. The number of rotatable bonds is 49. The molecule has 0 aliphatic rings. The average molecular weight is 903 g/mol. The standard InChI is InChI=1S/C56H103NO7/c1-6-8-10-12-14-16-18-20-22-24-25-26-27-28-29-31-32-34-36-38-40-42-44-46-54(58)63-51-52(50-62-49-48-53(56(60)61)57(3,4)5)64-55(59)47-45-43-41-39-37-35-33-30-23-21-19-17-15-13-11-9-7-2/h15,17,21,23,28-29,52-53H,6-14,16,18-20,22,24-27,30-51H2,1-5H3/p+1/b17-15+,23-21+,29-28+. The second-order valence-corrected chi connectivity index (χ2v) is 19.5. The summed E-state index contributed by atoms with van der Waals surface area (Å²) in [6.45, 7) is 4.73. The fourth-order valence-corrected chi connectivity index (χ4v) is 8.06. The summed E-state index contributed by atoms with van der Waals surface area (Å²) in [7, 11) is 5.54. The van der Waals surface area contributed by atoms with E-state index in [9.17, 15) is 19.5 Å². The molecule has 0 rings (SSSR count). The first-order valence-electron chi connectivity index (χ1n) is 27.0. The Labute approximate surface area is 395 Å². The summed E-state index contributed by atoms with van der Waals surface area (Å²) in [5.41, 5.74) is 0. The van der Waals surface area contributed by atoms with Crippen molar-refractivity contribution in [1.29, 1.82) is 0 Å². The number of carbonyl (C=O) groups excluding carboxylic acids is 2. The maximum atomic E-state index is 12.8. The zero-order chi connectivity index (χ0) is 47.0. The van der Waals surface area contributed by atoms with Crippen molar-refractivity contribution in [2.24, 2.45) is 0 Å². The first-order valence-corrected chi connectivity index (χ1v) is 27.0. The highest BCUT2D eigenvalue weighted by atomic mass is 16.6. The van der Waals surface area contributed by atoms with Crippen LogP contribution >= 0.6 is 0 Å². The van der Waals surface area contributed by atoms with E-state index in [4.69, 9.17) is 14.2 Å². The Kier molecular flexibility index (Phi) is 45.3. The number of nitrogens with zero attached hydrogens (tertiary/aromatic N) is 1. The topological polar surface area (TPSA) is 99.1 Å². The highest BCUT2D eigenvalue weighted by Gasteiger charge is 2.31. The van der Waals surface area contributed by atoms with Gasteiger partial charge in [0.25, 0.3) is 0 Å². The maximum Gasteiger partial charge on any atom is 0.362 e. The third kappa shape index (κ3) is 44.7. The van der Waals surface area contributed by atoms with Crippen molar-refractivity contribution in [3.8, 4) is 0 Å². The molecule has 2 atom stereocenters. The minimum Gasteiger partial charge on any atom is -0.477 e. The Bertz CT molecular complexity index is 1140. The second kappa shape index (κ2) is 47.1. The molecule has 0 aliphatic carbocycles. The van der Waals surface area contributed by atoms with Crippen LogP contribution in [0.5, 0.6) is 0 Å². The molecule has 0 aliphatic heterocycles. The van der Waals surface area contributed by atoms with Gasteiger partial charge in [0, 0.05) is 19.3 Å². The van der Waals surface area contributed by atoms with Crippen molar-refractivity contribution in [1.82, 2.24) is 0 Å². The summed E-state index contributed by atoms with van der Waals surface area (Å²) in [4.78, 5) is 37.2. The predicted octanol–water partition coefficient (Wildman–Crippen LogP) is 15.8. The number of unbranched alkanes of at least 4 members (excludes halogenated alkanes) is 29. The van der Waals surface area contributed by atoms with Crippen molar-refractivity contribution >= 4 is 17.9 Å². The van der Waals surface area contributed by atoms with E-state index >= 15 is 0 Å². The van der Waals surface area contributed by atoms with Gasteiger partial charge in [-0.15, -0.1) is 0 Å². The SMILES string of the molecule is CCCCC/C=C/C/C=C/CCCCCCCCCC(=O)OC(COCCC(C(=O)O)[N+](C)(C)C)COC(=O)CCCCCCCCC/C=C/CCCCCCCCCCCCCC. The smallest absolute Gasteiger partial charge is 0.362 e. The number of carboxylic acid groups (broad SMARTS) is 1. The number of ether oxygens (including phenoxy) is 3. The lowest BCUT2D eigenvalue weighted by atomic mass is 10.0. The van der Waals surface area contributed by atoms with E-state index in [1.807, 2.05) is 21.1 Å². The molecular formula is C56H104NO7+. The van der Waals surface area contributed by atoms with Gasteiger partial charge in [-0.3, -0.25) is 9.59 Å². The number of allylic oxidation sites excluding steroid dienone is 6. The fourth-order valence-electron chi connectivity index (χ4n) is 8.06. The molecule has 8 heteroatoms. The summed E-state index contributed by atoms with van der Waals surface area (Å²) in [5, 5.41) is 9.66. The predicted molar refractivity (Wildman–Crippen MR) is 271 cm³/mol. The maximum absolute atomic E-state index is 12.8. The molecule has 0 fully saturated rings. The van der Waals surface area contributed by atoms with Gasteiger partial charge in [-0.25, -0.2) is 4.79 Å². The first-order chi connectivity index (χ1) is 31.1. The highest BCUT2D eigenvalue weighted by molar-refractivity contribution is 5.72. The fraction of sp³-hybridized carbons (Fsp3) is 0.839. The van der Waals surface area contributed by atoms with Gasteiger partial charge in [-0.2, -0.15) is 0 Å². The molecule has 0 aromatic carbocycles. The van der Waals surface area contributed by atoms with Gasteiger partial charge in [-0.1, -0.05) is 198 Å². The van der Waals surface area contributed by atoms with Gasteiger partial charge < -0.3 is 23.8 Å². The van der Waals surface area contributed by atoms with Gasteiger partial charge in [0.15, 0.2) is 12.1 Å². The molecule has 64 heavy (non-hydrogen) atoms. The van der Waals surface area contributed by atoms with Crippen LogP contribution in [0, 0.1) is 0 Å². The quantitative estimate of drug-likeness (QED) is 0.0281. The second-order valence-electron chi connectivity index (χ2n) is 19.5. The summed E-state index contributed by atoms with van der Waals surface area (Å²) in [6, 6.07) is -0.617. The lowest BCUT2D eigenvalue weighted by Crippen LogP contribution is -2.50. The molecule has 0 aromatic heterocycles. The molecular weight excluding hydrogens is 799 g/mol. The van der Waals surface area contributed by atoms with Crippen molar-refractivity contribution in [2.75, 3.05) is 41.0 Å². The van der Waals surface area contributed by atoms with Gasteiger partial charge >= 0.3 is 17.9 Å². The van der Waals surface area contributed by atoms with Crippen LogP contribution < -0.4 is 0 Å². The van der Waals surface area contributed by atoms with Crippen molar-refractivity contribution < 1.29 is 38.2 Å². The van der Waals surface area contributed by atoms with Crippen LogP contribution in [0.1, 0.15) is 251 Å². The Hall–Kier alpha value is -2.45. The number of hydrogen-bond acceptors (Lipinski definition) is 6. The van der Waals surface area contributed by atoms with E-state index in [0.29, 0.717) is 19.3 Å². The van der Waals surface area contributed by atoms with E-state index in [-0.39, 0.29) is 36.2 Å². The van der Waals surface area contributed by atoms with Crippen molar-refractivity contribution in [3.05, 3.63) is 36.5 Å². The molecule has 2 unspecified atom stereocenters. The van der Waals surface area contributed by atoms with E-state index in [1.54, 1.807) is 0 Å². The third-order valence-corrected chi connectivity index (χ3v) is 12.3. The summed E-state index contributed by atoms with van der Waals surface area (Å²) < 4.78 is 17.4. The lowest BCUT2D eigenvalue weighted by molar-refractivity contribution is -0.887. The Morgan fingerprint density at radius 2 is 0.828 bits per heavy atom. The van der Waals surface area contributed by atoms with Gasteiger partial charge in [-0.05, 0) is 70.6 Å². The van der Waals surface area contributed by atoms with Crippen LogP contribution in [0.25, 0.3) is 0 Å². The zero-order valence-corrected chi connectivity index (χ0v) is 42.7. The zero-order valence-electron chi connectivity index (χ0n) is 42.7. The molecule has 1 N–H and O–H groups in total. The summed E-state index contributed by atoms with van der Waals surface area (Å²) in [5.74, 6) is -1.47. The van der Waals surface area contributed by atoms with E-state index in [1.165, 1.54) is 167 Å². The average Bonchev–Trinajstić information content (AvgIpc) is 3.26. The van der Waals surface area contributed by atoms with Crippen LogP contribution in [-0.2, 0) is 28.6 Å². The molecule has 0 saturated carbocycles. The normalized spacial score (nSPS) is 13.1. The van der Waals surface area contributed by atoms with Crippen LogP contribution in [0.2, 0.25) is 0 Å². The van der Waals surface area contributed by atoms with E-state index in [2.05, 4.69) is 50.3 Å². The van der Waals surface area contributed by atoms with Gasteiger partial charge in [0.2, 0.25) is 0 Å². The molecule has 0 heterocycles. The van der Waals surface area contributed by atoms with Gasteiger partial charge in [0.05, 0.1) is 34.4 Å². The van der Waals surface area contributed by atoms with Crippen LogP contribution in [-0.4, -0.2) is 80.6 Å². The van der Waals surface area contributed by atoms with E-state index in [0.717, 1.165) is 51.4 Å². The van der Waals surface area contributed by atoms with Crippen LogP contribution in [0.4, 0.5) is 0 Å². The number of quaternary nitrogens is 1. The van der Waals surface area contributed by atoms with E-state index < -0.39 is 18.1 Å². The Morgan fingerprint density at radius 1 is 0.469 bits per heavy atom. The first kappa shape index (κ1) is 61.5. The summed E-state index contributed by atoms with van der Waals surface area (Å²) in [6.07, 6.45) is 56.3. The molecule has 374 valence electrons. The minimum absolute atomic E-state index is 0.0546. The minimum atomic E-state index is -0.875. The highest BCUT2D eigenvalue weighted by Crippen LogP contribution is 2.16. The van der Waals surface area contributed by atoms with Crippen molar-refractivity contribution in [2.45, 2.75) is 264 Å². The number of aliphatic carboxylic acids is 1. The number of carbonyl (C=O) groups is 3. The summed E-state index contributed by atoms with van der Waals surface area (Å²) >= 11 is 0. The van der Waals surface area contributed by atoms with Crippen LogP contribution in [0.3, 0.4) is 0 Å². The molecule has 0 saturated heterocycles. The molecule has 0 spiro atoms. The third-order valence-electron chi connectivity index (χ3n) is 12.3. The van der Waals surface area contributed by atoms with Crippen LogP contribution in [0.15, 0.2) is 36.5 Å². The van der Waals surface area contributed by atoms with Gasteiger partial charge in [0.1, 0.15) is 6.61 Å². The molecule has 8 nitrogen and oxygen atoms in total. The monoisotopic (exact) mass is 903 g/mol. The number of carboxylic acids is 1. The molecule has 0 amide bonds. The molecule has 0 aromatic rings. The molecule has 0 radical (unpaired) electrons. The largest absolute Gasteiger partial charge is 0.477 e. The number of likely N-dealkylation sites (N-methyl/N-ethyl adjacent to an activating group) is 1. The lowest BCUT2D eigenvalue weighted by Gasteiger charge is -2.31. The number of hydrogen-bond donors (Lipinski definition) is 1.